The van der Waals surface area contributed by atoms with Gasteiger partial charge in [-0.25, -0.2) is 14.4 Å². The molecular formula is C22H27F2N7O. The van der Waals surface area contributed by atoms with Crippen molar-refractivity contribution in [2.24, 2.45) is 33.1 Å². The molecule has 0 spiro atoms. The number of amides is 1. The highest BCUT2D eigenvalue weighted by Gasteiger charge is 2.34. The van der Waals surface area contributed by atoms with E-state index in [9.17, 15) is 13.6 Å². The van der Waals surface area contributed by atoms with E-state index in [-0.39, 0.29) is 29.9 Å². The number of nitrogens with one attached hydrogen (secondary N) is 1. The summed E-state index contributed by atoms with van der Waals surface area (Å²) in [5, 5.41) is 3.34. The number of pyridine rings is 1. The van der Waals surface area contributed by atoms with Gasteiger partial charge >= 0.3 is 0 Å². The second kappa shape index (κ2) is 10.3. The van der Waals surface area contributed by atoms with Crippen molar-refractivity contribution < 1.29 is 13.6 Å². The lowest BCUT2D eigenvalue weighted by Gasteiger charge is -2.37. The van der Waals surface area contributed by atoms with Crippen molar-refractivity contribution in [2.75, 3.05) is 11.9 Å². The molecule has 170 valence electrons. The molecule has 1 amide bonds. The lowest BCUT2D eigenvalue weighted by Crippen LogP contribution is -2.44. The van der Waals surface area contributed by atoms with Crippen molar-refractivity contribution in [3.05, 3.63) is 54.4 Å². The molecule has 1 saturated carbocycles. The minimum Gasteiger partial charge on any atom is -0.386 e. The molecule has 0 aliphatic heterocycles. The first-order valence-corrected chi connectivity index (χ1v) is 10.3. The molecule has 2 aromatic rings. The lowest BCUT2D eigenvalue weighted by molar-refractivity contribution is -0.118. The number of amidine groups is 1. The maximum Gasteiger partial charge on any atom is 0.233 e. The van der Waals surface area contributed by atoms with E-state index in [2.05, 4.69) is 20.3 Å². The Morgan fingerprint density at radius 3 is 2.62 bits per heavy atom. The SMILES string of the molecule is NCC1(N=CC(C(N)=O)C(N)=Nc2ccnc(F)c2)CCC(Nc2cccc(F)c2)CC1. The Labute approximate surface area is 185 Å². The molecule has 1 aliphatic rings. The highest BCUT2D eigenvalue weighted by atomic mass is 19.1. The Bertz CT molecular complexity index is 1000. The number of halogens is 2. The summed E-state index contributed by atoms with van der Waals surface area (Å²) in [6, 6.07) is 9.04. The Kier molecular flexibility index (Phi) is 7.47. The number of hydrogen-bond acceptors (Lipinski definition) is 6. The molecule has 1 heterocycles. The van der Waals surface area contributed by atoms with Gasteiger partial charge in [0.1, 0.15) is 17.6 Å². The van der Waals surface area contributed by atoms with Gasteiger partial charge in [-0.2, -0.15) is 4.39 Å². The third kappa shape index (κ3) is 6.07. The summed E-state index contributed by atoms with van der Waals surface area (Å²) in [6.07, 6.45) is 5.51. The molecule has 1 aromatic carbocycles. The molecule has 0 radical (unpaired) electrons. The second-order valence-corrected chi connectivity index (χ2v) is 7.89. The zero-order chi connectivity index (χ0) is 23.1. The average Bonchev–Trinajstić information content (AvgIpc) is 2.75. The Balaban J connectivity index is 1.68. The lowest BCUT2D eigenvalue weighted by atomic mass is 9.79. The van der Waals surface area contributed by atoms with E-state index in [1.165, 1.54) is 30.6 Å². The van der Waals surface area contributed by atoms with Crippen molar-refractivity contribution in [1.82, 2.24) is 4.98 Å². The minimum absolute atomic E-state index is 0.0968. The summed E-state index contributed by atoms with van der Waals surface area (Å²) in [7, 11) is 0. The van der Waals surface area contributed by atoms with Crippen molar-refractivity contribution in [3.8, 4) is 0 Å². The Hall–Kier alpha value is -3.40. The summed E-state index contributed by atoms with van der Waals surface area (Å²) in [6.45, 7) is 0.286. The fourth-order valence-electron chi connectivity index (χ4n) is 3.71. The maximum absolute atomic E-state index is 13.4. The predicted molar refractivity (Wildman–Crippen MR) is 121 cm³/mol. The summed E-state index contributed by atoms with van der Waals surface area (Å²) < 4.78 is 26.7. The van der Waals surface area contributed by atoms with Crippen molar-refractivity contribution in [2.45, 2.75) is 37.3 Å². The first kappa shape index (κ1) is 23.3. The van der Waals surface area contributed by atoms with Gasteiger partial charge in [-0.05, 0) is 49.9 Å². The number of nitrogens with two attached hydrogens (primary N) is 3. The summed E-state index contributed by atoms with van der Waals surface area (Å²) in [5.74, 6) is -2.89. The predicted octanol–water partition coefficient (Wildman–Crippen LogP) is 2.27. The minimum atomic E-state index is -1.06. The normalized spacial score (nSPS) is 22.6. The van der Waals surface area contributed by atoms with Crippen LogP contribution in [0.1, 0.15) is 25.7 Å². The number of hydrogen-bond donors (Lipinski definition) is 4. The van der Waals surface area contributed by atoms with Gasteiger partial charge in [0.05, 0.1) is 11.2 Å². The van der Waals surface area contributed by atoms with Crippen LogP contribution in [0.15, 0.2) is 52.6 Å². The van der Waals surface area contributed by atoms with E-state index in [4.69, 9.17) is 17.2 Å². The molecule has 8 nitrogen and oxygen atoms in total. The van der Waals surface area contributed by atoms with E-state index in [0.717, 1.165) is 24.6 Å². The summed E-state index contributed by atoms with van der Waals surface area (Å²) in [5.41, 5.74) is 17.9. The van der Waals surface area contributed by atoms with E-state index in [1.54, 1.807) is 6.07 Å². The van der Waals surface area contributed by atoms with E-state index < -0.39 is 23.3 Å². The van der Waals surface area contributed by atoms with Crippen LogP contribution in [-0.2, 0) is 4.79 Å². The van der Waals surface area contributed by atoms with Crippen molar-refractivity contribution >= 4 is 29.3 Å². The van der Waals surface area contributed by atoms with Gasteiger partial charge in [0, 0.05) is 36.8 Å². The van der Waals surface area contributed by atoms with Gasteiger partial charge < -0.3 is 22.5 Å². The molecule has 1 fully saturated rings. The van der Waals surface area contributed by atoms with E-state index >= 15 is 0 Å². The summed E-state index contributed by atoms with van der Waals surface area (Å²) >= 11 is 0. The smallest absolute Gasteiger partial charge is 0.233 e. The fourth-order valence-corrected chi connectivity index (χ4v) is 3.71. The molecule has 1 aliphatic carbocycles. The molecule has 3 rings (SSSR count). The number of anilines is 1. The van der Waals surface area contributed by atoms with Gasteiger partial charge in [-0.15, -0.1) is 0 Å². The third-order valence-electron chi connectivity index (χ3n) is 5.58. The molecule has 1 atom stereocenters. The first-order chi connectivity index (χ1) is 15.3. The number of rotatable bonds is 8. The number of benzene rings is 1. The van der Waals surface area contributed by atoms with Crippen LogP contribution in [0.2, 0.25) is 0 Å². The third-order valence-corrected chi connectivity index (χ3v) is 5.58. The molecule has 32 heavy (non-hydrogen) atoms. The number of primary amides is 1. The zero-order valence-electron chi connectivity index (χ0n) is 17.5. The number of nitrogens with zero attached hydrogens (tertiary/aromatic N) is 3. The molecular weight excluding hydrogens is 416 g/mol. The van der Waals surface area contributed by atoms with Crippen LogP contribution in [0.25, 0.3) is 0 Å². The Morgan fingerprint density at radius 2 is 2.00 bits per heavy atom. The van der Waals surface area contributed by atoms with Crippen molar-refractivity contribution in [1.29, 1.82) is 0 Å². The van der Waals surface area contributed by atoms with Gasteiger partial charge in [0.15, 0.2) is 0 Å². The molecule has 0 bridgehead atoms. The average molecular weight is 444 g/mol. The largest absolute Gasteiger partial charge is 0.386 e. The van der Waals surface area contributed by atoms with Crippen molar-refractivity contribution in [3.63, 3.8) is 0 Å². The maximum atomic E-state index is 13.4. The quantitative estimate of drug-likeness (QED) is 0.281. The number of carbonyl (C=O) groups is 1. The molecule has 10 heteroatoms. The number of carbonyl (C=O) groups excluding carboxylic acids is 1. The van der Waals surface area contributed by atoms with Crippen LogP contribution in [0.3, 0.4) is 0 Å². The molecule has 1 unspecified atom stereocenters. The van der Waals surface area contributed by atoms with Crippen LogP contribution in [0.4, 0.5) is 20.2 Å². The molecule has 1 aromatic heterocycles. The zero-order valence-corrected chi connectivity index (χ0v) is 17.5. The van der Waals surface area contributed by atoms with Crippen LogP contribution < -0.4 is 22.5 Å². The summed E-state index contributed by atoms with van der Waals surface area (Å²) in [4.78, 5) is 24.1. The standard InChI is InChI=1S/C22H27F2N7O/c23-14-2-1-3-16(10-14)30-15-4-7-22(13-25,8-5-15)29-12-18(21(27)32)20(26)31-17-6-9-28-19(24)11-17/h1-3,6,9-12,15,18,30H,4-5,7-8,13,25H2,(H2,27,32)(H2,26,28,31). The highest BCUT2D eigenvalue weighted by molar-refractivity contribution is 6.14. The van der Waals surface area contributed by atoms with Gasteiger partial charge in [-0.3, -0.25) is 9.79 Å². The van der Waals surface area contributed by atoms with Crippen LogP contribution in [0, 0.1) is 17.7 Å². The topological polar surface area (TPSA) is 145 Å². The monoisotopic (exact) mass is 443 g/mol. The number of aromatic nitrogens is 1. The van der Waals surface area contributed by atoms with Crippen LogP contribution >= 0.6 is 0 Å². The first-order valence-electron chi connectivity index (χ1n) is 10.3. The van der Waals surface area contributed by atoms with E-state index in [0.29, 0.717) is 12.8 Å². The van der Waals surface area contributed by atoms with Gasteiger partial charge in [-0.1, -0.05) is 6.07 Å². The van der Waals surface area contributed by atoms with Crippen LogP contribution in [0.5, 0.6) is 0 Å². The highest BCUT2D eigenvalue weighted by Crippen LogP contribution is 2.32. The van der Waals surface area contributed by atoms with Gasteiger partial charge in [0.2, 0.25) is 11.9 Å². The fraction of sp³-hybridized carbons (Fsp3) is 0.364. The van der Waals surface area contributed by atoms with Gasteiger partial charge in [0.25, 0.3) is 0 Å². The van der Waals surface area contributed by atoms with E-state index in [1.807, 2.05) is 6.07 Å². The van der Waals surface area contributed by atoms with Crippen LogP contribution in [-0.4, -0.2) is 41.1 Å². The Morgan fingerprint density at radius 1 is 1.25 bits per heavy atom. The number of aliphatic imine (C=N–C) groups is 2. The molecule has 7 N–H and O–H groups in total. The second-order valence-electron chi connectivity index (χ2n) is 7.89. The molecule has 0 saturated heterocycles.